The Morgan fingerprint density at radius 2 is 1.75 bits per heavy atom. The van der Waals surface area contributed by atoms with Gasteiger partial charge in [0.1, 0.15) is 0 Å². The molecule has 2 amide bonds. The highest BCUT2D eigenvalue weighted by molar-refractivity contribution is 5.89. The second-order valence-electron chi connectivity index (χ2n) is 5.28. The molecule has 0 spiro atoms. The lowest BCUT2D eigenvalue weighted by atomic mass is 9.97. The number of urea groups is 1. The number of benzene rings is 1. The highest BCUT2D eigenvalue weighted by Gasteiger charge is 2.20. The molecule has 1 fully saturated rings. The predicted octanol–water partition coefficient (Wildman–Crippen LogP) is 4.02. The molecule has 1 heterocycles. The first-order valence-electron chi connectivity index (χ1n) is 7.78. The van der Waals surface area contributed by atoms with Gasteiger partial charge in [-0.15, -0.1) is 19.7 Å². The van der Waals surface area contributed by atoms with Crippen molar-refractivity contribution in [2.45, 2.75) is 12.8 Å². The van der Waals surface area contributed by atoms with Gasteiger partial charge in [-0.1, -0.05) is 18.2 Å². The lowest BCUT2D eigenvalue weighted by Gasteiger charge is -2.30. The number of carbonyl (C=O) groups excluding carboxylic acids is 1. The van der Waals surface area contributed by atoms with Crippen LogP contribution in [0.2, 0.25) is 0 Å². The van der Waals surface area contributed by atoms with Crippen molar-refractivity contribution in [3.63, 3.8) is 0 Å². The Labute approximate surface area is 143 Å². The average Bonchev–Trinajstić information content (AvgIpc) is 2.63. The van der Waals surface area contributed by atoms with Crippen LogP contribution in [0.5, 0.6) is 0 Å². The minimum atomic E-state index is -0.986. The van der Waals surface area contributed by atoms with E-state index in [2.05, 4.69) is 25.1 Å². The number of nitrogens with one attached hydrogen (secondary N) is 1. The third-order valence-electron chi connectivity index (χ3n) is 3.74. The summed E-state index contributed by atoms with van der Waals surface area (Å²) in [6.07, 6.45) is 6.45. The molecule has 24 heavy (non-hydrogen) atoms. The van der Waals surface area contributed by atoms with Crippen molar-refractivity contribution in [1.29, 1.82) is 0 Å². The van der Waals surface area contributed by atoms with Gasteiger partial charge in [-0.05, 0) is 42.5 Å². The van der Waals surface area contributed by atoms with Crippen LogP contribution in [-0.4, -0.2) is 35.1 Å². The van der Waals surface area contributed by atoms with Crippen LogP contribution < -0.4 is 5.32 Å². The molecule has 0 aromatic heterocycles. The van der Waals surface area contributed by atoms with Gasteiger partial charge in [0.25, 0.3) is 0 Å². The second-order valence-corrected chi connectivity index (χ2v) is 5.28. The zero-order valence-electron chi connectivity index (χ0n) is 13.8. The van der Waals surface area contributed by atoms with Crippen molar-refractivity contribution in [1.82, 2.24) is 4.90 Å². The molecule has 0 saturated carbocycles. The Kier molecular flexibility index (Phi) is 8.05. The molecule has 0 atom stereocenters. The van der Waals surface area contributed by atoms with Crippen molar-refractivity contribution in [3.8, 4) is 0 Å². The number of hydrogen-bond donors (Lipinski definition) is 2. The standard InChI is InChI=1S/C17H20N2O3.C2H4/c1-2-13-9-11-19(12-10-13)17(22)18-15-6-3-14(4-7-15)5-8-16(20)21;1-2/h2-8,13H,1,9-12H2,(H,18,22)(H,20,21);1-2H2/b8-5+;. The summed E-state index contributed by atoms with van der Waals surface area (Å²) in [5.41, 5.74) is 1.47. The van der Waals surface area contributed by atoms with Crippen LogP contribution in [0.4, 0.5) is 10.5 Å². The molecule has 0 radical (unpaired) electrons. The molecule has 1 aromatic rings. The number of piperidine rings is 1. The van der Waals surface area contributed by atoms with Crippen LogP contribution in [0, 0.1) is 5.92 Å². The van der Waals surface area contributed by atoms with Gasteiger partial charge in [-0.25, -0.2) is 9.59 Å². The van der Waals surface area contributed by atoms with Gasteiger partial charge in [-0.2, -0.15) is 0 Å². The van der Waals surface area contributed by atoms with Gasteiger partial charge in [0, 0.05) is 24.9 Å². The second kappa shape index (κ2) is 10.0. The summed E-state index contributed by atoms with van der Waals surface area (Å²) >= 11 is 0. The smallest absolute Gasteiger partial charge is 0.328 e. The third-order valence-corrected chi connectivity index (χ3v) is 3.74. The molecule has 1 aliphatic heterocycles. The molecule has 1 saturated heterocycles. The molecule has 0 unspecified atom stereocenters. The Balaban J connectivity index is 0.00000139. The zero-order chi connectivity index (χ0) is 17.9. The van der Waals surface area contributed by atoms with Crippen LogP contribution >= 0.6 is 0 Å². The van der Waals surface area contributed by atoms with Gasteiger partial charge < -0.3 is 15.3 Å². The van der Waals surface area contributed by atoms with Crippen molar-refractivity contribution >= 4 is 23.8 Å². The van der Waals surface area contributed by atoms with Gasteiger partial charge >= 0.3 is 12.0 Å². The number of amides is 2. The number of hydrogen-bond acceptors (Lipinski definition) is 2. The van der Waals surface area contributed by atoms with E-state index >= 15 is 0 Å². The van der Waals surface area contributed by atoms with E-state index in [0.717, 1.165) is 37.6 Å². The third kappa shape index (κ3) is 6.12. The van der Waals surface area contributed by atoms with Crippen molar-refractivity contribution in [3.05, 3.63) is 61.7 Å². The summed E-state index contributed by atoms with van der Waals surface area (Å²) in [5, 5.41) is 11.4. The molecule has 5 heteroatoms. The highest BCUT2D eigenvalue weighted by Crippen LogP contribution is 2.19. The molecule has 1 aliphatic rings. The Morgan fingerprint density at radius 3 is 2.25 bits per heavy atom. The molecule has 128 valence electrons. The molecule has 0 aliphatic carbocycles. The molecular formula is C19H24N2O3. The van der Waals surface area contributed by atoms with E-state index in [0.29, 0.717) is 11.6 Å². The van der Waals surface area contributed by atoms with E-state index in [9.17, 15) is 9.59 Å². The summed E-state index contributed by atoms with van der Waals surface area (Å²) in [4.78, 5) is 24.4. The number of allylic oxidation sites excluding steroid dienone is 1. The molecule has 2 N–H and O–H groups in total. The molecular weight excluding hydrogens is 304 g/mol. The van der Waals surface area contributed by atoms with E-state index in [-0.39, 0.29) is 6.03 Å². The van der Waals surface area contributed by atoms with Gasteiger partial charge in [0.2, 0.25) is 0 Å². The SMILES string of the molecule is C=C.C=CC1CCN(C(=O)Nc2ccc(/C=C/C(=O)O)cc2)CC1. The van der Waals surface area contributed by atoms with Crippen LogP contribution in [0.3, 0.4) is 0 Å². The van der Waals surface area contributed by atoms with Gasteiger partial charge in [-0.3, -0.25) is 0 Å². The van der Waals surface area contributed by atoms with E-state index < -0.39 is 5.97 Å². The fourth-order valence-corrected chi connectivity index (χ4v) is 2.39. The number of carboxylic acids is 1. The zero-order valence-corrected chi connectivity index (χ0v) is 13.8. The van der Waals surface area contributed by atoms with E-state index in [4.69, 9.17) is 5.11 Å². The van der Waals surface area contributed by atoms with Crippen LogP contribution in [0.1, 0.15) is 18.4 Å². The van der Waals surface area contributed by atoms with Crippen molar-refractivity contribution < 1.29 is 14.7 Å². The summed E-state index contributed by atoms with van der Waals surface area (Å²) in [6, 6.07) is 6.94. The minimum absolute atomic E-state index is 0.101. The van der Waals surface area contributed by atoms with Crippen molar-refractivity contribution in [2.75, 3.05) is 18.4 Å². The van der Waals surface area contributed by atoms with Crippen molar-refractivity contribution in [2.24, 2.45) is 5.92 Å². The summed E-state index contributed by atoms with van der Waals surface area (Å²) < 4.78 is 0. The number of rotatable bonds is 4. The largest absolute Gasteiger partial charge is 0.478 e. The lowest BCUT2D eigenvalue weighted by molar-refractivity contribution is -0.131. The first-order chi connectivity index (χ1) is 11.6. The maximum atomic E-state index is 12.2. The number of anilines is 1. The fraction of sp³-hybridized carbons (Fsp3) is 0.263. The molecule has 5 nitrogen and oxygen atoms in total. The normalized spacial score (nSPS) is 14.6. The van der Waals surface area contributed by atoms with E-state index in [1.807, 2.05) is 6.08 Å². The van der Waals surface area contributed by atoms with Gasteiger partial charge in [0.15, 0.2) is 0 Å². The highest BCUT2D eigenvalue weighted by atomic mass is 16.4. The first-order valence-corrected chi connectivity index (χ1v) is 7.78. The quantitative estimate of drug-likeness (QED) is 0.648. The number of likely N-dealkylation sites (tertiary alicyclic amines) is 1. The molecule has 2 rings (SSSR count). The minimum Gasteiger partial charge on any atom is -0.478 e. The van der Waals surface area contributed by atoms with E-state index in [1.54, 1.807) is 29.2 Å². The Hall–Kier alpha value is -2.82. The first kappa shape index (κ1) is 19.2. The monoisotopic (exact) mass is 328 g/mol. The van der Waals surface area contributed by atoms with Crippen LogP contribution in [0.15, 0.2) is 56.2 Å². The Bertz CT molecular complexity index is 585. The van der Waals surface area contributed by atoms with Crippen LogP contribution in [0.25, 0.3) is 6.08 Å². The van der Waals surface area contributed by atoms with Gasteiger partial charge in [0.05, 0.1) is 0 Å². The number of nitrogens with zero attached hydrogens (tertiary/aromatic N) is 1. The Morgan fingerprint density at radius 1 is 1.17 bits per heavy atom. The predicted molar refractivity (Wildman–Crippen MR) is 97.9 cm³/mol. The molecule has 0 bridgehead atoms. The lowest BCUT2D eigenvalue weighted by Crippen LogP contribution is -2.40. The number of carbonyl (C=O) groups is 2. The summed E-state index contributed by atoms with van der Waals surface area (Å²) in [7, 11) is 0. The molecule has 1 aromatic carbocycles. The fourth-order valence-electron chi connectivity index (χ4n) is 2.39. The maximum absolute atomic E-state index is 12.2. The number of carboxylic acid groups (broad SMARTS) is 1. The number of aliphatic carboxylic acids is 1. The topological polar surface area (TPSA) is 69.6 Å². The maximum Gasteiger partial charge on any atom is 0.328 e. The van der Waals surface area contributed by atoms with Crippen LogP contribution in [-0.2, 0) is 4.79 Å². The summed E-state index contributed by atoms with van der Waals surface area (Å²) in [6.45, 7) is 11.3. The van der Waals surface area contributed by atoms with E-state index in [1.165, 1.54) is 6.08 Å². The average molecular weight is 328 g/mol. The summed E-state index contributed by atoms with van der Waals surface area (Å²) in [5.74, 6) is -0.482.